The van der Waals surface area contributed by atoms with Crippen LogP contribution in [0.15, 0.2) is 47.4 Å². The molecule has 106 valence electrons. The third kappa shape index (κ3) is 2.44. The molecule has 0 amide bonds. The molecule has 0 aromatic heterocycles. The fraction of sp³-hybridized carbons (Fsp3) is 0.0769. The maximum absolute atomic E-state index is 13.6. The van der Waals surface area contributed by atoms with Gasteiger partial charge in [0.2, 0.25) is 0 Å². The van der Waals surface area contributed by atoms with Crippen molar-refractivity contribution in [2.24, 2.45) is 0 Å². The highest BCUT2D eigenvalue weighted by molar-refractivity contribution is 7.92. The van der Waals surface area contributed by atoms with Gasteiger partial charge in [-0.05, 0) is 30.3 Å². The molecule has 2 aromatic rings. The average Bonchev–Trinajstić information content (AvgIpc) is 2.41. The van der Waals surface area contributed by atoms with Gasteiger partial charge < -0.3 is 5.73 Å². The van der Waals surface area contributed by atoms with Gasteiger partial charge in [-0.1, -0.05) is 12.1 Å². The molecule has 0 spiro atoms. The average molecular weight is 298 g/mol. The van der Waals surface area contributed by atoms with Crippen molar-refractivity contribution in [1.82, 2.24) is 0 Å². The second-order valence-electron chi connectivity index (χ2n) is 4.11. The first-order chi connectivity index (χ1) is 9.34. The number of nitrogens with two attached hydrogens (primary N) is 1. The molecule has 20 heavy (non-hydrogen) atoms. The highest BCUT2D eigenvalue weighted by Crippen LogP contribution is 2.28. The molecule has 0 aliphatic carbocycles. The van der Waals surface area contributed by atoms with Crippen LogP contribution in [0, 0.1) is 11.6 Å². The highest BCUT2D eigenvalue weighted by atomic mass is 32.2. The Morgan fingerprint density at radius 1 is 1.10 bits per heavy atom. The molecule has 2 N–H and O–H groups in total. The van der Waals surface area contributed by atoms with Crippen LogP contribution >= 0.6 is 0 Å². The lowest BCUT2D eigenvalue weighted by molar-refractivity contribution is 0.552. The van der Waals surface area contributed by atoms with E-state index >= 15 is 0 Å². The second kappa shape index (κ2) is 5.09. The maximum atomic E-state index is 13.6. The summed E-state index contributed by atoms with van der Waals surface area (Å²) >= 11 is 0. The van der Waals surface area contributed by atoms with E-state index in [4.69, 9.17) is 5.73 Å². The van der Waals surface area contributed by atoms with Gasteiger partial charge in [0.05, 0.1) is 11.4 Å². The van der Waals surface area contributed by atoms with Crippen LogP contribution in [0.5, 0.6) is 0 Å². The Bertz CT molecular complexity index is 748. The van der Waals surface area contributed by atoms with Crippen molar-refractivity contribution >= 4 is 21.4 Å². The summed E-state index contributed by atoms with van der Waals surface area (Å²) in [6, 6.07) is 8.49. The number of nitrogens with zero attached hydrogens (tertiary/aromatic N) is 1. The zero-order valence-electron chi connectivity index (χ0n) is 10.5. The molecule has 4 nitrogen and oxygen atoms in total. The van der Waals surface area contributed by atoms with Crippen LogP contribution in [0.2, 0.25) is 0 Å². The largest absolute Gasteiger partial charge is 0.397 e. The van der Waals surface area contributed by atoms with Crippen molar-refractivity contribution in [3.8, 4) is 0 Å². The number of benzene rings is 2. The molecule has 0 aliphatic rings. The molecule has 0 unspecified atom stereocenters. The van der Waals surface area contributed by atoms with E-state index < -0.39 is 26.6 Å². The minimum Gasteiger partial charge on any atom is -0.397 e. The zero-order chi connectivity index (χ0) is 14.9. The van der Waals surface area contributed by atoms with Gasteiger partial charge in [0.15, 0.2) is 0 Å². The molecule has 0 radical (unpaired) electrons. The first-order valence-corrected chi connectivity index (χ1v) is 7.06. The van der Waals surface area contributed by atoms with Gasteiger partial charge >= 0.3 is 0 Å². The Kier molecular flexibility index (Phi) is 3.63. The summed E-state index contributed by atoms with van der Waals surface area (Å²) < 4.78 is 52.2. The first kappa shape index (κ1) is 14.3. The van der Waals surface area contributed by atoms with Crippen molar-refractivity contribution in [3.63, 3.8) is 0 Å². The van der Waals surface area contributed by atoms with Crippen molar-refractivity contribution in [2.75, 3.05) is 17.1 Å². The molecule has 2 rings (SSSR count). The number of rotatable bonds is 3. The number of nitrogen functional groups attached to an aromatic ring is 1. The summed E-state index contributed by atoms with van der Waals surface area (Å²) in [5.41, 5.74) is 6.10. The van der Waals surface area contributed by atoms with Gasteiger partial charge in [-0.25, -0.2) is 17.2 Å². The summed E-state index contributed by atoms with van der Waals surface area (Å²) in [5, 5.41) is 0. The third-order valence-electron chi connectivity index (χ3n) is 2.81. The van der Waals surface area contributed by atoms with E-state index in [1.807, 2.05) is 0 Å². The van der Waals surface area contributed by atoms with Gasteiger partial charge in [-0.15, -0.1) is 0 Å². The molecule has 0 saturated carbocycles. The van der Waals surface area contributed by atoms with E-state index in [9.17, 15) is 17.2 Å². The number of anilines is 2. The molecule has 0 saturated heterocycles. The Balaban J connectivity index is 2.56. The van der Waals surface area contributed by atoms with Gasteiger partial charge in [0.1, 0.15) is 16.5 Å². The third-order valence-corrected chi connectivity index (χ3v) is 4.59. The molecular formula is C13H12F2N2O2S. The standard InChI is InChI=1S/C13H12F2N2O2S/c1-17(12-5-3-2-4-11(12)16)20(18,19)13-8-9(14)6-7-10(13)15/h2-8H,16H2,1H3. The zero-order valence-corrected chi connectivity index (χ0v) is 11.4. The Labute approximate surface area is 115 Å². The van der Waals surface area contributed by atoms with Crippen molar-refractivity contribution in [1.29, 1.82) is 0 Å². The maximum Gasteiger partial charge on any atom is 0.267 e. The summed E-state index contributed by atoms with van der Waals surface area (Å²) in [5.74, 6) is -1.85. The Hall–Kier alpha value is -2.15. The number of hydrogen-bond acceptors (Lipinski definition) is 3. The van der Waals surface area contributed by atoms with Gasteiger partial charge in [0.25, 0.3) is 10.0 Å². The molecule has 0 atom stereocenters. The van der Waals surface area contributed by atoms with Crippen LogP contribution in [0.4, 0.5) is 20.2 Å². The lowest BCUT2D eigenvalue weighted by atomic mass is 10.3. The van der Waals surface area contributed by atoms with Crippen molar-refractivity contribution in [3.05, 3.63) is 54.1 Å². The smallest absolute Gasteiger partial charge is 0.267 e. The molecule has 7 heteroatoms. The number of halogens is 2. The second-order valence-corrected chi connectivity index (χ2v) is 6.04. The lowest BCUT2D eigenvalue weighted by Gasteiger charge is -2.21. The predicted molar refractivity (Wildman–Crippen MR) is 72.8 cm³/mol. The van der Waals surface area contributed by atoms with E-state index in [0.717, 1.165) is 16.4 Å². The van der Waals surface area contributed by atoms with E-state index in [0.29, 0.717) is 6.07 Å². The van der Waals surface area contributed by atoms with Gasteiger partial charge in [-0.3, -0.25) is 4.31 Å². The normalized spacial score (nSPS) is 11.3. The van der Waals surface area contributed by atoms with Gasteiger partial charge in [-0.2, -0.15) is 0 Å². The van der Waals surface area contributed by atoms with E-state index in [-0.39, 0.29) is 11.4 Å². The van der Waals surface area contributed by atoms with Gasteiger partial charge in [0, 0.05) is 7.05 Å². The van der Waals surface area contributed by atoms with E-state index in [2.05, 4.69) is 0 Å². The van der Waals surface area contributed by atoms with Crippen LogP contribution in [-0.2, 0) is 10.0 Å². The summed E-state index contributed by atoms with van der Waals surface area (Å²) in [4.78, 5) is -0.733. The number of sulfonamides is 1. The van der Waals surface area contributed by atoms with Crippen LogP contribution in [0.3, 0.4) is 0 Å². The van der Waals surface area contributed by atoms with Crippen molar-refractivity contribution < 1.29 is 17.2 Å². The van der Waals surface area contributed by atoms with Crippen LogP contribution in [0.1, 0.15) is 0 Å². The SMILES string of the molecule is CN(c1ccccc1N)S(=O)(=O)c1cc(F)ccc1F. The Morgan fingerprint density at radius 3 is 2.40 bits per heavy atom. The summed E-state index contributed by atoms with van der Waals surface area (Å²) in [6.45, 7) is 0. The van der Waals surface area contributed by atoms with E-state index in [1.165, 1.54) is 19.2 Å². The van der Waals surface area contributed by atoms with Crippen LogP contribution < -0.4 is 10.0 Å². The van der Waals surface area contributed by atoms with Crippen LogP contribution in [-0.4, -0.2) is 15.5 Å². The molecule has 0 fully saturated rings. The molecule has 0 bridgehead atoms. The monoisotopic (exact) mass is 298 g/mol. The molecule has 0 aliphatic heterocycles. The topological polar surface area (TPSA) is 63.4 Å². The fourth-order valence-corrected chi connectivity index (χ4v) is 3.02. The molecule has 2 aromatic carbocycles. The summed E-state index contributed by atoms with van der Waals surface area (Å²) in [7, 11) is -3.00. The number of para-hydroxylation sites is 2. The lowest BCUT2D eigenvalue weighted by Crippen LogP contribution is -2.28. The molecular weight excluding hydrogens is 286 g/mol. The quantitative estimate of drug-likeness (QED) is 0.885. The highest BCUT2D eigenvalue weighted by Gasteiger charge is 2.26. The predicted octanol–water partition coefficient (Wildman–Crippen LogP) is 2.37. The Morgan fingerprint density at radius 2 is 1.75 bits per heavy atom. The number of hydrogen-bond donors (Lipinski definition) is 1. The molecule has 0 heterocycles. The van der Waals surface area contributed by atoms with Crippen molar-refractivity contribution in [2.45, 2.75) is 4.90 Å². The summed E-state index contributed by atoms with van der Waals surface area (Å²) in [6.07, 6.45) is 0. The van der Waals surface area contributed by atoms with E-state index in [1.54, 1.807) is 12.1 Å². The first-order valence-electron chi connectivity index (χ1n) is 5.62. The van der Waals surface area contributed by atoms with Crippen LogP contribution in [0.25, 0.3) is 0 Å². The fourth-order valence-electron chi connectivity index (χ4n) is 1.73. The minimum atomic E-state index is -4.23. The minimum absolute atomic E-state index is 0.191.